The van der Waals surface area contributed by atoms with Crippen LogP contribution >= 0.6 is 0 Å². The van der Waals surface area contributed by atoms with Gasteiger partial charge in [-0.1, -0.05) is 194 Å². The van der Waals surface area contributed by atoms with E-state index in [9.17, 15) is 45.6 Å². The van der Waals surface area contributed by atoms with Gasteiger partial charge in [0.1, 0.15) is 49.5 Å². The Morgan fingerprint density at radius 2 is 0.493 bits per heavy atom. The van der Waals surface area contributed by atoms with Crippen molar-refractivity contribution < 1.29 is 159 Å². The van der Waals surface area contributed by atoms with Gasteiger partial charge in [-0.2, -0.15) is 0 Å². The van der Waals surface area contributed by atoms with Crippen molar-refractivity contribution in [1.29, 1.82) is 0 Å². The number of ether oxygens (including phenoxy) is 24. The van der Waals surface area contributed by atoms with E-state index in [1.807, 2.05) is 20.8 Å². The summed E-state index contributed by atoms with van der Waals surface area (Å²) in [5.74, 6) is -4.03. The lowest BCUT2D eigenvalue weighted by Gasteiger charge is -2.53. The maximum Gasteiger partial charge on any atom is 0.335 e. The minimum atomic E-state index is -1.78. The molecule has 13 rings (SSSR count). The van der Waals surface area contributed by atoms with Crippen LogP contribution in [0, 0.1) is 136 Å². The minimum Gasteiger partial charge on any atom is -0.479 e. The molecule has 1 saturated carbocycles. The SMILES string of the molecule is CCC1O[C@H](O[C@H]2C(CC)O[C@@H](O[C@H]3C(CC)O[C@@H](O[C@@H]4C(CO)O[C@H](O[C@@H]5C(C(=O)O)O[C@H](O[C@H]6C(CO)O[C@@H](OC7(C)[C@@H]8C(OCO)O[C@H](O[C@@H]9C(CO)O[C@H](C)C(O)C9C)C(C)[C@H]87)C(O)[C@H]6O)C(C)C5C)C(C)C4C)C(C)[C@H]3C)C(C)[C@H]2C)C(C)C(C)[C@@H]1O[C@H]1OC(CC)[C@@H](O[C@@H]2OC(CC)[C@H](OC3OC(CC)[C@H](OC4OC(CC)[C@H](C)[C@H](C)[C@H]4C)[C@H](C)[C@H]3C)[C@H](C)C2C)C(C)C1C. The summed E-state index contributed by atoms with van der Waals surface area (Å²) in [5.41, 5.74) is -1.18. The average Bonchev–Trinajstić information content (AvgIpc) is 1.52. The predicted molar refractivity (Wildman–Crippen MR) is 494 cm³/mol. The Hall–Kier alpha value is -1.77. The number of carbonyl (C=O) groups is 1. The summed E-state index contributed by atoms with van der Waals surface area (Å²) in [6.45, 7) is 60.9. The third-order valence-electron chi connectivity index (χ3n) is 36.7. The van der Waals surface area contributed by atoms with Crippen molar-refractivity contribution in [2.75, 3.05) is 26.6 Å². The summed E-state index contributed by atoms with van der Waals surface area (Å²) >= 11 is 0. The molecule has 1 aliphatic carbocycles. The number of hydrogen-bond acceptors (Lipinski definition) is 32. The normalized spacial score (nSPS) is 54.2. The summed E-state index contributed by atoms with van der Waals surface area (Å²) in [6, 6.07) is 0. The van der Waals surface area contributed by atoms with E-state index in [0.717, 1.165) is 25.7 Å². The molecular weight excluding hydrogens is 1770 g/mol. The highest BCUT2D eigenvalue weighted by Crippen LogP contribution is 2.65. The van der Waals surface area contributed by atoms with Gasteiger partial charge in [-0.15, -0.1) is 0 Å². The first-order valence-electron chi connectivity index (χ1n) is 52.9. The number of carboxylic acid groups (broad SMARTS) is 1. The first-order chi connectivity index (χ1) is 64.5. The number of aliphatic carboxylic acids is 1. The van der Waals surface area contributed by atoms with E-state index in [1.54, 1.807) is 34.6 Å². The number of aliphatic hydroxyl groups is 7. The van der Waals surface area contributed by atoms with Crippen LogP contribution in [0.15, 0.2) is 0 Å². The Bertz CT molecular complexity index is 3640. The summed E-state index contributed by atoms with van der Waals surface area (Å²) in [5, 5.41) is 88.0. The van der Waals surface area contributed by atoms with Gasteiger partial charge >= 0.3 is 5.97 Å². The number of rotatable bonds is 35. The lowest BCUT2D eigenvalue weighted by molar-refractivity contribution is -0.374. The van der Waals surface area contributed by atoms with Crippen LogP contribution in [0.25, 0.3) is 0 Å². The Morgan fingerprint density at radius 3 is 0.809 bits per heavy atom. The molecule has 0 aromatic rings. The van der Waals surface area contributed by atoms with Crippen molar-refractivity contribution in [2.45, 2.75) is 486 Å². The van der Waals surface area contributed by atoms with Gasteiger partial charge in [-0.3, -0.25) is 0 Å². The Morgan fingerprint density at radius 1 is 0.243 bits per heavy atom. The molecule has 30 unspecified atom stereocenters. The highest BCUT2D eigenvalue weighted by Gasteiger charge is 2.74. The molecule has 790 valence electrons. The number of fused-ring (bicyclic) bond motifs is 1. The zero-order valence-electron chi connectivity index (χ0n) is 87.2. The van der Waals surface area contributed by atoms with Crippen LogP contribution in [0.5, 0.6) is 0 Å². The van der Waals surface area contributed by atoms with E-state index in [-0.39, 0.29) is 169 Å². The molecule has 0 amide bonds. The van der Waals surface area contributed by atoms with E-state index < -0.39 is 222 Å². The molecular formula is C103H180O33. The minimum absolute atomic E-state index is 0.00372. The van der Waals surface area contributed by atoms with Gasteiger partial charge in [-0.05, 0) is 118 Å². The molecule has 12 saturated heterocycles. The predicted octanol–water partition coefficient (Wildman–Crippen LogP) is 11.9. The fraction of sp³-hybridized carbons (Fsp3) is 0.990. The number of hydrogen-bond donors (Lipinski definition) is 8. The molecule has 0 spiro atoms. The van der Waals surface area contributed by atoms with Crippen molar-refractivity contribution in [3.8, 4) is 0 Å². The summed E-state index contributed by atoms with van der Waals surface area (Å²) < 4.78 is 162. The molecule has 13 fully saturated rings. The molecule has 12 heterocycles. The van der Waals surface area contributed by atoms with Gasteiger partial charge in [0, 0.05) is 76.9 Å². The topological polar surface area (TPSA) is 400 Å². The molecule has 61 atom stereocenters. The first kappa shape index (κ1) is 111. The zero-order chi connectivity index (χ0) is 99.5. The summed E-state index contributed by atoms with van der Waals surface area (Å²) in [6.07, 6.45) is -21.0. The van der Waals surface area contributed by atoms with E-state index in [2.05, 4.69) is 152 Å². The second kappa shape index (κ2) is 47.2. The molecule has 0 aromatic carbocycles. The van der Waals surface area contributed by atoms with Gasteiger partial charge in [0.15, 0.2) is 81.6 Å². The Kier molecular flexibility index (Phi) is 38.6. The Labute approximate surface area is 810 Å². The van der Waals surface area contributed by atoms with Gasteiger partial charge in [0.25, 0.3) is 0 Å². The van der Waals surface area contributed by atoms with Crippen LogP contribution in [0.3, 0.4) is 0 Å². The van der Waals surface area contributed by atoms with Crippen LogP contribution in [0.2, 0.25) is 0 Å². The lowest BCUT2D eigenvalue weighted by atomic mass is 9.78. The maximum absolute atomic E-state index is 13.4. The summed E-state index contributed by atoms with van der Waals surface area (Å²) in [7, 11) is 0. The van der Waals surface area contributed by atoms with Crippen LogP contribution in [0.1, 0.15) is 253 Å². The highest BCUT2D eigenvalue weighted by atomic mass is 16.8. The molecule has 13 aliphatic rings. The zero-order valence-corrected chi connectivity index (χ0v) is 87.2. The van der Waals surface area contributed by atoms with Crippen molar-refractivity contribution >= 4 is 5.97 Å². The number of aliphatic hydroxyl groups excluding tert-OH is 7. The molecule has 136 heavy (non-hydrogen) atoms. The second-order valence-corrected chi connectivity index (χ2v) is 44.5. The molecule has 12 aliphatic heterocycles. The lowest BCUT2D eigenvalue weighted by Crippen LogP contribution is -2.63. The largest absolute Gasteiger partial charge is 0.479 e. The first-order valence-corrected chi connectivity index (χ1v) is 52.9. The second-order valence-electron chi connectivity index (χ2n) is 44.5. The third-order valence-corrected chi connectivity index (χ3v) is 36.7. The van der Waals surface area contributed by atoms with Gasteiger partial charge < -0.3 is 155 Å². The van der Waals surface area contributed by atoms with Gasteiger partial charge in [-0.25, -0.2) is 4.79 Å². The van der Waals surface area contributed by atoms with E-state index in [0.29, 0.717) is 31.1 Å². The van der Waals surface area contributed by atoms with Crippen LogP contribution in [0.4, 0.5) is 0 Å². The van der Waals surface area contributed by atoms with Gasteiger partial charge in [0.05, 0.1) is 129 Å². The van der Waals surface area contributed by atoms with Crippen molar-refractivity contribution in [3.05, 3.63) is 0 Å². The van der Waals surface area contributed by atoms with Crippen molar-refractivity contribution in [1.82, 2.24) is 0 Å². The molecule has 0 radical (unpaired) electrons. The van der Waals surface area contributed by atoms with E-state index >= 15 is 0 Å². The van der Waals surface area contributed by atoms with Gasteiger partial charge in [0.2, 0.25) is 0 Å². The molecule has 0 bridgehead atoms. The van der Waals surface area contributed by atoms with Crippen molar-refractivity contribution in [2.24, 2.45) is 136 Å². The van der Waals surface area contributed by atoms with Crippen LogP contribution in [-0.4, -0.2) is 307 Å². The average molecular weight is 1950 g/mol. The summed E-state index contributed by atoms with van der Waals surface area (Å²) in [4.78, 5) is 13.4. The van der Waals surface area contributed by atoms with Crippen LogP contribution in [-0.2, 0) is 118 Å². The van der Waals surface area contributed by atoms with Crippen molar-refractivity contribution in [3.63, 3.8) is 0 Å². The number of carboxylic acids is 1. The maximum atomic E-state index is 13.4. The molecule has 33 nitrogen and oxygen atoms in total. The molecule has 8 N–H and O–H groups in total. The van der Waals surface area contributed by atoms with E-state index in [4.69, 9.17) is 114 Å². The standard InChI is InChI=1S/C103H180O33/c1-31-64-43(9)42(8)52(18)91(115-64)124-79-44(10)53(19)92(116-65(79)32-2)125-80-45(11)54(20)93(117-66(80)33-3)126-81-46(12)55(21)94(118-67(81)34-4)127-82-47(13)56(22)95(119-68(82)35-5)128-83-48(14)57(23)96(120-69(83)36-6)129-84-49(15)58(24)97(121-70(84)37-7)130-85-50(16)59(25)98(122-72(85)39-105)132-87-51(17)60(26)99(134-89(87)90(111)112)133-88-73(40-106)123-102(78(110)77(88)109)136-103(30)74-61(27)100(135-101(75(74)103)113-41-107)131-86-62(28)76(108)63(29)114-71(86)38-104/h42-89,91-102,104-110H,31-41H2,1-30H3,(H,111,112)/t42-,43+,44+,45+,46?,47?,48+,49+,50?,51?,52+,53+,54?,55?,56?,57?,58?,59?,60?,61?,62?,63+,64?,65?,66?,67?,68?,69?,70?,71?,72?,73?,74+,75-,76?,77+,78?,79+,80+,81-,82-,83+,84+,85-,86-,87-,88-,89?,91?,92?,93-,94+,95+,96-,97-,98+,99-,100-,101?,102-,103?/m0/s1. The highest BCUT2D eigenvalue weighted by molar-refractivity contribution is 5.73. The van der Waals surface area contributed by atoms with Crippen LogP contribution < -0.4 is 0 Å². The molecule has 0 aromatic heterocycles. The molecule has 33 heteroatoms. The fourth-order valence-electron chi connectivity index (χ4n) is 25.1. The third kappa shape index (κ3) is 22.2. The Balaban J connectivity index is 0.573. The fourth-order valence-corrected chi connectivity index (χ4v) is 25.1. The quantitative estimate of drug-likeness (QED) is 0.0273. The monoisotopic (exact) mass is 1950 g/mol. The smallest absolute Gasteiger partial charge is 0.335 e. The van der Waals surface area contributed by atoms with E-state index in [1.165, 1.54) is 0 Å².